The molecular weight excluding hydrogens is 613 g/mol. The number of allylic oxidation sites excluding steroid dienone is 2. The summed E-state index contributed by atoms with van der Waals surface area (Å²) in [4.78, 5) is 0. The van der Waals surface area contributed by atoms with Crippen LogP contribution in [-0.2, 0) is 0 Å². The zero-order chi connectivity index (χ0) is 28.5. The van der Waals surface area contributed by atoms with Gasteiger partial charge in [0.2, 0.25) is 0 Å². The molecule has 0 heterocycles. The molecule has 4 heteroatoms. The van der Waals surface area contributed by atoms with Crippen molar-refractivity contribution in [3.05, 3.63) is 194 Å². The van der Waals surface area contributed by atoms with Crippen LogP contribution in [0.3, 0.4) is 0 Å². The third-order valence-corrected chi connectivity index (χ3v) is 16.7. The van der Waals surface area contributed by atoms with E-state index in [2.05, 4.69) is 194 Å². The van der Waals surface area contributed by atoms with Gasteiger partial charge in [0.25, 0.3) is 0 Å². The molecule has 6 aromatic rings. The first-order valence-corrected chi connectivity index (χ1v) is 18.5. The third kappa shape index (κ3) is 6.76. The summed E-state index contributed by atoms with van der Waals surface area (Å²) < 4.78 is 0. The van der Waals surface area contributed by atoms with Gasteiger partial charge in [-0.3, -0.25) is 0 Å². The van der Waals surface area contributed by atoms with Gasteiger partial charge in [-0.05, 0) is 84.9 Å². The van der Waals surface area contributed by atoms with Gasteiger partial charge in [-0.25, -0.2) is 0 Å². The van der Waals surface area contributed by atoms with E-state index in [0.29, 0.717) is 0 Å². The molecule has 6 rings (SSSR count). The summed E-state index contributed by atoms with van der Waals surface area (Å²) in [7, 11) is -3.85. The second kappa shape index (κ2) is 16.0. The number of hydrogen-bond acceptors (Lipinski definition) is 0. The highest BCUT2D eigenvalue weighted by Crippen LogP contribution is 2.57. The topological polar surface area (TPSA) is 0 Å². The number of hydrogen-bond donors (Lipinski definition) is 0. The minimum Gasteiger partial charge on any atom is -1.00 e. The predicted molar refractivity (Wildman–Crippen MR) is 189 cm³/mol. The molecule has 0 aromatic heterocycles. The van der Waals surface area contributed by atoms with E-state index in [1.807, 2.05) is 0 Å². The van der Waals surface area contributed by atoms with Crippen molar-refractivity contribution in [2.75, 3.05) is 12.3 Å². The van der Waals surface area contributed by atoms with E-state index in [4.69, 9.17) is 0 Å². The molecule has 0 N–H and O–H groups in total. The van der Waals surface area contributed by atoms with Crippen LogP contribution in [0.4, 0.5) is 0 Å². The highest BCUT2D eigenvalue weighted by atomic mass is 35.5. The van der Waals surface area contributed by atoms with Gasteiger partial charge in [0.1, 0.15) is 46.4 Å². The Kier molecular flexibility index (Phi) is 12.1. The molecule has 44 heavy (non-hydrogen) atoms. The van der Waals surface area contributed by atoms with E-state index in [-0.39, 0.29) is 24.8 Å². The molecule has 0 unspecified atom stereocenters. The Hall–Kier alpha value is -3.50. The Morgan fingerprint density at radius 2 is 0.432 bits per heavy atom. The molecule has 0 fully saturated rings. The smallest absolute Gasteiger partial charge is 0.115 e. The summed E-state index contributed by atoms with van der Waals surface area (Å²) in [5.74, 6) is 0. The van der Waals surface area contributed by atoms with E-state index < -0.39 is 14.5 Å². The van der Waals surface area contributed by atoms with Crippen molar-refractivity contribution in [2.45, 2.75) is 0 Å². The molecule has 0 amide bonds. The predicted octanol–water partition coefficient (Wildman–Crippen LogP) is 1.54. The van der Waals surface area contributed by atoms with Crippen LogP contribution < -0.4 is 56.6 Å². The van der Waals surface area contributed by atoms with Crippen molar-refractivity contribution in [3.63, 3.8) is 0 Å². The van der Waals surface area contributed by atoms with Gasteiger partial charge < -0.3 is 24.8 Å². The van der Waals surface area contributed by atoms with Crippen LogP contribution >= 0.6 is 14.5 Å². The first-order chi connectivity index (χ1) is 20.8. The summed E-state index contributed by atoms with van der Waals surface area (Å²) in [5.41, 5.74) is 0. The third-order valence-electron chi connectivity index (χ3n) is 8.11. The second-order valence-electron chi connectivity index (χ2n) is 10.5. The zero-order valence-electron chi connectivity index (χ0n) is 24.5. The number of halogens is 2. The largest absolute Gasteiger partial charge is 1.00 e. The van der Waals surface area contributed by atoms with Crippen LogP contribution in [0.2, 0.25) is 0 Å². The van der Waals surface area contributed by atoms with Crippen LogP contribution in [0.5, 0.6) is 0 Å². The summed E-state index contributed by atoms with van der Waals surface area (Å²) in [6.07, 6.45) is 6.93. The average molecular weight is 650 g/mol. The fourth-order valence-corrected chi connectivity index (χ4v) is 14.2. The van der Waals surface area contributed by atoms with Crippen LogP contribution in [0, 0.1) is 0 Å². The maximum Gasteiger partial charge on any atom is 0.115 e. The SMILES string of the molecule is C(=C/C[P+](c1ccccc1)(c1ccccc1)c1ccccc1)/C[P+](c1ccccc1)(c1ccccc1)c1ccccc1.[Cl-].[Cl-]. The van der Waals surface area contributed by atoms with Crippen molar-refractivity contribution in [1.29, 1.82) is 0 Å². The molecule has 220 valence electrons. The number of benzene rings is 6. The first-order valence-electron chi connectivity index (χ1n) is 14.6. The van der Waals surface area contributed by atoms with Crippen LogP contribution in [-0.4, -0.2) is 12.3 Å². The van der Waals surface area contributed by atoms with Crippen LogP contribution in [0.1, 0.15) is 0 Å². The summed E-state index contributed by atoms with van der Waals surface area (Å²) in [5, 5.41) is 8.51. The molecule has 0 aliphatic heterocycles. The highest BCUT2D eigenvalue weighted by Gasteiger charge is 2.46. The van der Waals surface area contributed by atoms with Crippen molar-refractivity contribution < 1.29 is 24.8 Å². The lowest BCUT2D eigenvalue weighted by molar-refractivity contribution is -0.001000. The van der Waals surface area contributed by atoms with Crippen molar-refractivity contribution in [3.8, 4) is 0 Å². The second-order valence-corrected chi connectivity index (χ2v) is 17.5. The van der Waals surface area contributed by atoms with Crippen molar-refractivity contribution in [2.24, 2.45) is 0 Å². The Bertz CT molecular complexity index is 1370. The standard InChI is InChI=1S/C40H36P2.2ClH/c1-7-21-35(22-8-1)41(36-23-9-2-10-24-36,37-25-11-3-12-26-37)33-19-20-34-42(38-27-13-4-14-28-38,39-29-15-5-16-30-39)40-31-17-6-18-32-40;;/h1-32H,33-34H2;2*1H/q+2;;/p-2/b20-19-;;. The van der Waals surface area contributed by atoms with Crippen molar-refractivity contribution in [1.82, 2.24) is 0 Å². The zero-order valence-corrected chi connectivity index (χ0v) is 27.8. The van der Waals surface area contributed by atoms with Crippen molar-refractivity contribution >= 4 is 46.4 Å². The van der Waals surface area contributed by atoms with E-state index in [1.54, 1.807) is 0 Å². The minimum absolute atomic E-state index is 0. The molecule has 0 saturated heterocycles. The molecule has 0 atom stereocenters. The van der Waals surface area contributed by atoms with Crippen LogP contribution in [0.15, 0.2) is 194 Å². The Morgan fingerprint density at radius 1 is 0.273 bits per heavy atom. The molecule has 0 saturated carbocycles. The normalized spacial score (nSPS) is 11.4. The van der Waals surface area contributed by atoms with Gasteiger partial charge in [0.05, 0.1) is 12.3 Å². The van der Waals surface area contributed by atoms with Gasteiger partial charge >= 0.3 is 0 Å². The van der Waals surface area contributed by atoms with E-state index in [1.165, 1.54) is 31.8 Å². The van der Waals surface area contributed by atoms with E-state index in [0.717, 1.165) is 12.3 Å². The summed E-state index contributed by atoms with van der Waals surface area (Å²) >= 11 is 0. The lowest BCUT2D eigenvalue weighted by Gasteiger charge is -2.28. The van der Waals surface area contributed by atoms with Gasteiger partial charge in [0.15, 0.2) is 0 Å². The maximum absolute atomic E-state index is 2.49. The number of rotatable bonds is 10. The Morgan fingerprint density at radius 3 is 0.591 bits per heavy atom. The summed E-state index contributed by atoms with van der Waals surface area (Å²) in [6.45, 7) is 0. The fourth-order valence-electron chi connectivity index (χ4n) is 6.09. The fraction of sp³-hybridized carbons (Fsp3) is 0.0500. The molecule has 0 aliphatic rings. The van der Waals surface area contributed by atoms with E-state index in [9.17, 15) is 0 Å². The van der Waals surface area contributed by atoms with Crippen LogP contribution in [0.25, 0.3) is 0 Å². The van der Waals surface area contributed by atoms with Gasteiger partial charge in [-0.2, -0.15) is 0 Å². The molecular formula is C40H36Cl2P2. The molecule has 0 nitrogen and oxygen atoms in total. The molecule has 0 aliphatic carbocycles. The molecule has 0 radical (unpaired) electrons. The minimum atomic E-state index is -1.93. The molecule has 6 aromatic carbocycles. The quantitative estimate of drug-likeness (QED) is 0.156. The Labute approximate surface area is 276 Å². The monoisotopic (exact) mass is 648 g/mol. The first kappa shape index (κ1) is 33.4. The van der Waals surface area contributed by atoms with Gasteiger partial charge in [-0.1, -0.05) is 109 Å². The van der Waals surface area contributed by atoms with E-state index >= 15 is 0 Å². The summed E-state index contributed by atoms with van der Waals surface area (Å²) in [6, 6.07) is 67.0. The van der Waals surface area contributed by atoms with Gasteiger partial charge in [-0.15, -0.1) is 0 Å². The lowest BCUT2D eigenvalue weighted by Crippen LogP contribution is -3.00. The molecule has 0 bridgehead atoms. The lowest BCUT2D eigenvalue weighted by atomic mass is 10.4. The maximum atomic E-state index is 2.49. The molecule has 0 spiro atoms. The average Bonchev–Trinajstić information content (AvgIpc) is 3.09. The Balaban J connectivity index is 0.00000221. The van der Waals surface area contributed by atoms with Gasteiger partial charge in [0, 0.05) is 0 Å². The highest BCUT2D eigenvalue weighted by molar-refractivity contribution is 7.96.